The molecule has 0 aromatic heterocycles. The van der Waals surface area contributed by atoms with E-state index >= 15 is 0 Å². The SMILES string of the molecule is OCC1CCNC[C@H]1O. The van der Waals surface area contributed by atoms with Crippen LogP contribution in [0.15, 0.2) is 0 Å². The highest BCUT2D eigenvalue weighted by Crippen LogP contribution is 2.10. The topological polar surface area (TPSA) is 52.5 Å². The van der Waals surface area contributed by atoms with Gasteiger partial charge in [0.25, 0.3) is 0 Å². The summed E-state index contributed by atoms with van der Waals surface area (Å²) in [6, 6.07) is 0. The van der Waals surface area contributed by atoms with Crippen molar-refractivity contribution in [2.45, 2.75) is 12.5 Å². The molecule has 0 aliphatic carbocycles. The molecule has 3 N–H and O–H groups in total. The Bertz CT molecular complexity index is 87.1. The molecule has 0 radical (unpaired) electrons. The molecule has 1 heterocycles. The van der Waals surface area contributed by atoms with E-state index in [1.807, 2.05) is 0 Å². The molecule has 0 spiro atoms. The highest BCUT2D eigenvalue weighted by molar-refractivity contribution is 4.75. The van der Waals surface area contributed by atoms with E-state index in [0.29, 0.717) is 6.54 Å². The Morgan fingerprint density at radius 2 is 2.33 bits per heavy atom. The van der Waals surface area contributed by atoms with Gasteiger partial charge in [0.15, 0.2) is 0 Å². The van der Waals surface area contributed by atoms with E-state index in [2.05, 4.69) is 5.32 Å². The van der Waals surface area contributed by atoms with Crippen molar-refractivity contribution in [3.8, 4) is 0 Å². The number of hydrogen-bond acceptors (Lipinski definition) is 3. The Kier molecular flexibility index (Phi) is 2.45. The Morgan fingerprint density at radius 3 is 2.78 bits per heavy atom. The van der Waals surface area contributed by atoms with Crippen molar-refractivity contribution in [2.24, 2.45) is 5.92 Å². The second kappa shape index (κ2) is 3.15. The first kappa shape index (κ1) is 6.99. The minimum absolute atomic E-state index is 0.103. The van der Waals surface area contributed by atoms with Crippen LogP contribution in [-0.2, 0) is 0 Å². The third-order valence-corrected chi connectivity index (χ3v) is 1.82. The Labute approximate surface area is 54.7 Å². The largest absolute Gasteiger partial charge is 0.396 e. The van der Waals surface area contributed by atoms with Crippen LogP contribution in [-0.4, -0.2) is 36.0 Å². The lowest BCUT2D eigenvalue weighted by Crippen LogP contribution is -2.41. The first-order chi connectivity index (χ1) is 4.34. The summed E-state index contributed by atoms with van der Waals surface area (Å²) in [4.78, 5) is 0. The summed E-state index contributed by atoms with van der Waals surface area (Å²) in [6.45, 7) is 1.66. The van der Waals surface area contributed by atoms with Crippen LogP contribution >= 0.6 is 0 Å². The molecule has 3 nitrogen and oxygen atoms in total. The van der Waals surface area contributed by atoms with Crippen molar-refractivity contribution in [1.82, 2.24) is 5.32 Å². The van der Waals surface area contributed by atoms with Gasteiger partial charge in [-0.1, -0.05) is 0 Å². The molecule has 2 atom stereocenters. The van der Waals surface area contributed by atoms with Gasteiger partial charge < -0.3 is 15.5 Å². The molecule has 0 bridgehead atoms. The van der Waals surface area contributed by atoms with E-state index < -0.39 is 0 Å². The highest BCUT2D eigenvalue weighted by Gasteiger charge is 2.20. The van der Waals surface area contributed by atoms with Gasteiger partial charge in [0.2, 0.25) is 0 Å². The normalized spacial score (nSPS) is 36.7. The van der Waals surface area contributed by atoms with Crippen molar-refractivity contribution in [1.29, 1.82) is 0 Å². The van der Waals surface area contributed by atoms with Gasteiger partial charge in [-0.05, 0) is 13.0 Å². The van der Waals surface area contributed by atoms with Crippen LogP contribution in [0, 0.1) is 5.92 Å². The summed E-state index contributed by atoms with van der Waals surface area (Å²) in [5.74, 6) is 0.103. The van der Waals surface area contributed by atoms with Gasteiger partial charge in [-0.3, -0.25) is 0 Å². The second-order valence-electron chi connectivity index (χ2n) is 2.50. The number of nitrogens with one attached hydrogen (secondary N) is 1. The molecule has 1 fully saturated rings. The first-order valence-electron chi connectivity index (χ1n) is 3.34. The Hall–Kier alpha value is -0.120. The monoisotopic (exact) mass is 131 g/mol. The predicted molar refractivity (Wildman–Crippen MR) is 34.1 cm³/mol. The van der Waals surface area contributed by atoms with E-state index in [1.54, 1.807) is 0 Å². The van der Waals surface area contributed by atoms with Gasteiger partial charge in [0, 0.05) is 19.1 Å². The van der Waals surface area contributed by atoms with E-state index in [4.69, 9.17) is 10.2 Å². The molecule has 1 saturated heterocycles. The number of aliphatic hydroxyl groups is 2. The van der Waals surface area contributed by atoms with Crippen LogP contribution in [0.3, 0.4) is 0 Å². The number of β-amino-alcohol motifs (C(OH)–C–C–N with tert-alkyl or cyclic N) is 1. The van der Waals surface area contributed by atoms with Crippen LogP contribution < -0.4 is 5.32 Å². The molecule has 0 aromatic rings. The third-order valence-electron chi connectivity index (χ3n) is 1.82. The average Bonchev–Trinajstić information content (AvgIpc) is 1.89. The average molecular weight is 131 g/mol. The lowest BCUT2D eigenvalue weighted by atomic mass is 9.96. The van der Waals surface area contributed by atoms with Gasteiger partial charge in [-0.15, -0.1) is 0 Å². The summed E-state index contributed by atoms with van der Waals surface area (Å²) in [5.41, 5.74) is 0. The molecule has 54 valence electrons. The van der Waals surface area contributed by atoms with Crippen LogP contribution in [0.5, 0.6) is 0 Å². The van der Waals surface area contributed by atoms with Gasteiger partial charge in [-0.2, -0.15) is 0 Å². The highest BCUT2D eigenvalue weighted by atomic mass is 16.3. The molecule has 3 heteroatoms. The van der Waals surface area contributed by atoms with Gasteiger partial charge >= 0.3 is 0 Å². The summed E-state index contributed by atoms with van der Waals surface area (Å²) < 4.78 is 0. The maximum Gasteiger partial charge on any atom is 0.0715 e. The van der Waals surface area contributed by atoms with Gasteiger partial charge in [-0.25, -0.2) is 0 Å². The van der Waals surface area contributed by atoms with Crippen LogP contribution in [0.4, 0.5) is 0 Å². The third kappa shape index (κ3) is 1.64. The van der Waals surface area contributed by atoms with Crippen LogP contribution in [0.25, 0.3) is 0 Å². The number of aliphatic hydroxyl groups excluding tert-OH is 2. The summed E-state index contributed by atoms with van der Waals surface area (Å²) in [6.07, 6.45) is 0.543. The van der Waals surface area contributed by atoms with E-state index in [1.165, 1.54) is 0 Å². The van der Waals surface area contributed by atoms with Gasteiger partial charge in [0.05, 0.1) is 6.10 Å². The first-order valence-corrected chi connectivity index (χ1v) is 3.34. The fourth-order valence-corrected chi connectivity index (χ4v) is 1.11. The Balaban J connectivity index is 2.30. The molecular weight excluding hydrogens is 118 g/mol. The van der Waals surface area contributed by atoms with Crippen molar-refractivity contribution in [2.75, 3.05) is 19.7 Å². The quantitative estimate of drug-likeness (QED) is 0.425. The summed E-state index contributed by atoms with van der Waals surface area (Å²) in [7, 11) is 0. The van der Waals surface area contributed by atoms with Crippen molar-refractivity contribution in [3.63, 3.8) is 0 Å². The fraction of sp³-hybridized carbons (Fsp3) is 1.00. The minimum atomic E-state index is -0.344. The molecule has 0 aromatic carbocycles. The number of hydrogen-bond donors (Lipinski definition) is 3. The van der Waals surface area contributed by atoms with Gasteiger partial charge in [0.1, 0.15) is 0 Å². The molecule has 1 aliphatic rings. The Morgan fingerprint density at radius 1 is 1.56 bits per heavy atom. The maximum atomic E-state index is 9.15. The number of rotatable bonds is 1. The lowest BCUT2D eigenvalue weighted by molar-refractivity contribution is 0.0460. The zero-order valence-corrected chi connectivity index (χ0v) is 5.38. The molecule has 0 saturated carbocycles. The van der Waals surface area contributed by atoms with Crippen molar-refractivity contribution < 1.29 is 10.2 Å². The van der Waals surface area contributed by atoms with Crippen LogP contribution in [0.1, 0.15) is 6.42 Å². The number of piperidine rings is 1. The van der Waals surface area contributed by atoms with E-state index in [9.17, 15) is 0 Å². The predicted octanol–water partition coefficient (Wildman–Crippen LogP) is -1.05. The van der Waals surface area contributed by atoms with Crippen LogP contribution in [0.2, 0.25) is 0 Å². The molecule has 9 heavy (non-hydrogen) atoms. The molecule has 1 aliphatic heterocycles. The summed E-state index contributed by atoms with van der Waals surface area (Å²) >= 11 is 0. The van der Waals surface area contributed by atoms with E-state index in [0.717, 1.165) is 13.0 Å². The van der Waals surface area contributed by atoms with Crippen molar-refractivity contribution >= 4 is 0 Å². The zero-order chi connectivity index (χ0) is 6.69. The molecule has 1 unspecified atom stereocenters. The van der Waals surface area contributed by atoms with Crippen molar-refractivity contribution in [3.05, 3.63) is 0 Å². The maximum absolute atomic E-state index is 9.15. The smallest absolute Gasteiger partial charge is 0.0715 e. The standard InChI is InChI=1S/C6H13NO2/c8-4-5-1-2-7-3-6(5)9/h5-9H,1-4H2/t5?,6-/m1/s1. The lowest BCUT2D eigenvalue weighted by Gasteiger charge is -2.26. The molecular formula is C6H13NO2. The second-order valence-corrected chi connectivity index (χ2v) is 2.50. The summed E-state index contributed by atoms with van der Waals surface area (Å²) in [5, 5.41) is 20.9. The fourth-order valence-electron chi connectivity index (χ4n) is 1.11. The zero-order valence-electron chi connectivity index (χ0n) is 5.38. The van der Waals surface area contributed by atoms with E-state index in [-0.39, 0.29) is 18.6 Å². The molecule has 1 rings (SSSR count). The minimum Gasteiger partial charge on any atom is -0.396 e. The molecule has 0 amide bonds.